The fraction of sp³-hybridized carbons (Fsp3) is 0.326. The van der Waals surface area contributed by atoms with E-state index in [0.717, 1.165) is 91.4 Å². The zero-order chi connectivity index (χ0) is 84.1. The predicted molar refractivity (Wildman–Crippen MR) is 440 cm³/mol. The number of aromatic nitrogens is 12. The number of rotatable bonds is 24. The van der Waals surface area contributed by atoms with E-state index in [9.17, 15) is 40.7 Å². The van der Waals surface area contributed by atoms with Crippen molar-refractivity contribution in [1.82, 2.24) is 89.5 Å². The number of methoxy groups -OCH3 is 3. The van der Waals surface area contributed by atoms with Crippen LogP contribution in [0.4, 0.5) is 58.2 Å². The third-order valence-electron chi connectivity index (χ3n) is 21.7. The van der Waals surface area contributed by atoms with Crippen LogP contribution in [0.3, 0.4) is 0 Å². The van der Waals surface area contributed by atoms with Crippen LogP contribution >= 0.6 is 0 Å². The van der Waals surface area contributed by atoms with Crippen molar-refractivity contribution in [2.24, 2.45) is 14.1 Å². The fourth-order valence-electron chi connectivity index (χ4n) is 15.4. The van der Waals surface area contributed by atoms with Gasteiger partial charge in [0.05, 0.1) is 66.9 Å². The predicted octanol–water partition coefficient (Wildman–Crippen LogP) is 13.0. The Kier molecular flexibility index (Phi) is 27.2. The molecule has 9 heterocycles. The molecule has 0 unspecified atom stereocenters. The van der Waals surface area contributed by atoms with E-state index in [2.05, 4.69) is 66.8 Å². The molecule has 119 heavy (non-hydrogen) atoms. The summed E-state index contributed by atoms with van der Waals surface area (Å²) in [4.78, 5) is 55.0. The van der Waals surface area contributed by atoms with Crippen molar-refractivity contribution >= 4 is 35.5 Å². The molecule has 3 aliphatic heterocycles. The summed E-state index contributed by atoms with van der Waals surface area (Å²) in [6, 6.07) is 38.0. The van der Waals surface area contributed by atoms with E-state index in [0.29, 0.717) is 119 Å². The van der Waals surface area contributed by atoms with Crippen LogP contribution in [0.1, 0.15) is 62.5 Å². The molecule has 27 nitrogen and oxygen atoms in total. The number of carbonyl (C=O) groups is 3. The summed E-state index contributed by atoms with van der Waals surface area (Å²) >= 11 is 0. The average Bonchev–Trinajstić information content (AvgIpc) is 1.63. The topological polar surface area (TPSA) is 276 Å². The first-order chi connectivity index (χ1) is 57.4. The Hall–Kier alpha value is -12.4. The van der Waals surface area contributed by atoms with E-state index in [4.69, 9.17) is 29.5 Å². The number of aryl methyl sites for hydroxylation is 3. The van der Waals surface area contributed by atoms with Crippen LogP contribution in [0, 0.1) is 69.5 Å². The van der Waals surface area contributed by atoms with E-state index in [1.54, 1.807) is 81.5 Å². The molecule has 33 heteroatoms. The summed E-state index contributed by atoms with van der Waals surface area (Å²) in [6.45, 7) is 16.4. The largest absolute Gasteiger partial charge is 0.383 e. The molecular weight excluding hydrogens is 1540 g/mol. The van der Waals surface area contributed by atoms with Gasteiger partial charge < -0.3 is 30.2 Å². The van der Waals surface area contributed by atoms with Gasteiger partial charge in [-0.2, -0.15) is 25.5 Å². The van der Waals surface area contributed by atoms with Crippen LogP contribution in [0.15, 0.2) is 177 Å². The lowest BCUT2D eigenvalue weighted by Crippen LogP contribution is -2.42. The molecule has 0 saturated carbocycles. The highest BCUT2D eigenvalue weighted by Gasteiger charge is 2.39. The number of urea groups is 3. The number of nitrogens with one attached hydrogen (secondary N) is 6. The second-order valence-electron chi connectivity index (χ2n) is 29.6. The van der Waals surface area contributed by atoms with Crippen LogP contribution in [0.25, 0.3) is 50.8 Å². The van der Waals surface area contributed by atoms with Crippen LogP contribution in [0.2, 0.25) is 0 Å². The molecule has 0 radical (unpaired) electrons. The van der Waals surface area contributed by atoms with Gasteiger partial charge in [0.1, 0.15) is 40.9 Å². The number of ether oxygens (including phenoxy) is 3. The number of hydrogen-bond acceptors (Lipinski definition) is 16. The van der Waals surface area contributed by atoms with Crippen molar-refractivity contribution in [2.45, 2.75) is 70.5 Å². The summed E-state index contributed by atoms with van der Waals surface area (Å²) in [5, 5.41) is 41.5. The van der Waals surface area contributed by atoms with Gasteiger partial charge in [-0.1, -0.05) is 72.8 Å². The monoisotopic (exact) mass is 1630 g/mol. The lowest BCUT2D eigenvalue weighted by molar-refractivity contribution is 0.159. The smallest absolute Gasteiger partial charge is 0.320 e. The Morgan fingerprint density at radius 1 is 0.420 bits per heavy atom. The van der Waals surface area contributed by atoms with Crippen molar-refractivity contribution < 1.29 is 54.9 Å². The molecule has 3 fully saturated rings. The number of para-hydroxylation sites is 3. The Balaban J connectivity index is 0.000000155. The minimum atomic E-state index is -0.911. The number of benzene rings is 6. The SMILES string of the molecule is COCCN1C[C@@H](NC(=O)Nc2c(C)c(-c3cn(C)nc3C)nn2-c2ccccc2)[C@H](c2ccc(F)c(F)c2)C1.COCCN1C[C@@H](NC(=O)Nc2c(C)c(-c3cncnc3)nn2-c2ccccc2)[C@H](c2ccc(F)c(F)c2)C1.COCCN1C[C@@H](NC(=O)Nc2c(C)c(-c3cnn(C)c3C)nn2-c2ccccc2)[C@H](c2ccc(F)c(F)c2)C1. The Morgan fingerprint density at radius 3 is 1.08 bits per heavy atom. The summed E-state index contributed by atoms with van der Waals surface area (Å²) < 4.78 is 107. The molecule has 0 aliphatic carbocycles. The normalized spacial score (nSPS) is 17.3. The molecule has 3 saturated heterocycles. The summed E-state index contributed by atoms with van der Waals surface area (Å²) in [5.41, 5.74) is 12.9. The Labute approximate surface area is 684 Å². The van der Waals surface area contributed by atoms with E-state index < -0.39 is 53.0 Å². The number of anilines is 3. The maximum Gasteiger partial charge on any atom is 0.320 e. The highest BCUT2D eigenvalue weighted by Crippen LogP contribution is 2.38. The van der Waals surface area contributed by atoms with Gasteiger partial charge in [0.25, 0.3) is 0 Å². The molecule has 6 N–H and O–H groups in total. The number of hydrogen-bond donors (Lipinski definition) is 6. The van der Waals surface area contributed by atoms with E-state index in [-0.39, 0.29) is 35.9 Å². The summed E-state index contributed by atoms with van der Waals surface area (Å²) in [5.74, 6) is -4.57. The maximum atomic E-state index is 14.1. The standard InChI is InChI=1S/2C29H33F2N7O2.C28H29F2N7O2/c1-18-27(22-15-36(3)34-19(22)2)35-38(21-8-6-5-7-9-21)28(18)33-29(39)32-26-17-37(12-13-40-4)16-23(26)20-10-11-24(30)25(31)14-20;1-18-27(22-15-32-36(3)19(22)2)35-38(21-8-6-5-7-9-21)28(18)34-29(39)33-26-17-37(12-13-40-4)16-23(26)20-10-11-24(30)25(31)14-20;1-18-26(20-13-31-17-32-14-20)35-37(21-6-4-3-5-7-21)27(18)34-28(38)33-25-16-36(10-11-39-2)15-22(25)19-8-9-23(29)24(30)12-19/h5-11,14-15,23,26H,12-13,16-17H2,1-4H3,(H2,32,33,39);5-11,14-15,23,26H,12-13,16-17H2,1-4H3,(H2,33,34,39);3-9,12-14,17,22,25H,10-11,15-16H2,1-2H3,(H2,33,34,38)/t2*23-,26+;22-,25+/m000/s1. The van der Waals surface area contributed by atoms with Gasteiger partial charge in [-0.05, 0) is 124 Å². The molecule has 12 aromatic rings. The van der Waals surface area contributed by atoms with E-state index >= 15 is 0 Å². The molecular formula is C86H95F6N21O6. The number of nitrogens with zero attached hydrogens (tertiary/aromatic N) is 15. The zero-order valence-electron chi connectivity index (χ0n) is 67.6. The quantitative estimate of drug-likeness (QED) is 0.0307. The number of halogens is 6. The van der Waals surface area contributed by atoms with Crippen molar-refractivity contribution in [3.8, 4) is 50.8 Å². The molecule has 6 aromatic heterocycles. The first-order valence-corrected chi connectivity index (χ1v) is 38.9. The second kappa shape index (κ2) is 38.3. The van der Waals surface area contributed by atoms with Crippen LogP contribution in [-0.2, 0) is 28.3 Å². The van der Waals surface area contributed by atoms with Crippen molar-refractivity contribution in [1.29, 1.82) is 0 Å². The van der Waals surface area contributed by atoms with Crippen LogP contribution < -0.4 is 31.9 Å². The van der Waals surface area contributed by atoms with Gasteiger partial charge in [0.15, 0.2) is 34.9 Å². The van der Waals surface area contributed by atoms with E-state index in [1.165, 1.54) is 24.5 Å². The van der Waals surface area contributed by atoms with Crippen molar-refractivity contribution in [2.75, 3.05) is 116 Å². The summed E-state index contributed by atoms with van der Waals surface area (Å²) in [6.07, 6.45) is 8.45. The van der Waals surface area contributed by atoms with Crippen LogP contribution in [0.5, 0.6) is 0 Å². The zero-order valence-corrected chi connectivity index (χ0v) is 67.6. The van der Waals surface area contributed by atoms with E-state index in [1.807, 2.05) is 146 Å². The Morgan fingerprint density at radius 2 is 0.765 bits per heavy atom. The third kappa shape index (κ3) is 19.7. The summed E-state index contributed by atoms with van der Waals surface area (Å²) in [7, 11) is 8.61. The van der Waals surface area contributed by atoms with Gasteiger partial charge in [0, 0.05) is 170 Å². The Bertz CT molecular complexity index is 5320. The maximum absolute atomic E-state index is 14.1. The molecule has 6 aromatic carbocycles. The van der Waals surface area contributed by atoms with Crippen molar-refractivity contribution in [3.63, 3.8) is 0 Å². The van der Waals surface area contributed by atoms with Gasteiger partial charge in [0.2, 0.25) is 0 Å². The minimum absolute atomic E-state index is 0.230. The number of amides is 6. The number of likely N-dealkylation sites (tertiary alicyclic amines) is 3. The second-order valence-corrected chi connectivity index (χ2v) is 29.6. The molecule has 0 bridgehead atoms. The van der Waals surface area contributed by atoms with Gasteiger partial charge in [-0.3, -0.25) is 40.0 Å². The molecule has 622 valence electrons. The average molecular weight is 1630 g/mol. The van der Waals surface area contributed by atoms with Crippen molar-refractivity contribution in [3.05, 3.63) is 256 Å². The van der Waals surface area contributed by atoms with Gasteiger partial charge >= 0.3 is 18.1 Å². The minimum Gasteiger partial charge on any atom is -0.383 e. The first kappa shape index (κ1) is 84.5. The fourth-order valence-corrected chi connectivity index (χ4v) is 15.4. The highest BCUT2D eigenvalue weighted by atomic mass is 19.2. The first-order valence-electron chi connectivity index (χ1n) is 38.9. The molecule has 6 amide bonds. The molecule has 0 spiro atoms. The molecule has 3 aliphatic rings. The lowest BCUT2D eigenvalue weighted by atomic mass is 9.94. The number of carbonyl (C=O) groups excluding carboxylic acids is 3. The lowest BCUT2D eigenvalue weighted by Gasteiger charge is -2.21. The third-order valence-corrected chi connectivity index (χ3v) is 21.7. The van der Waals surface area contributed by atoms with Crippen LogP contribution in [-0.4, -0.2) is 210 Å². The molecule has 6 atom stereocenters. The van der Waals surface area contributed by atoms with Gasteiger partial charge in [-0.25, -0.2) is 64.7 Å². The highest BCUT2D eigenvalue weighted by molar-refractivity contribution is 5.93. The van der Waals surface area contributed by atoms with Gasteiger partial charge in [-0.15, -0.1) is 0 Å². The molecule has 15 rings (SSSR count).